The molecule has 9 heteroatoms. The van der Waals surface area contributed by atoms with Crippen LogP contribution in [0.5, 0.6) is 40.2 Å². The van der Waals surface area contributed by atoms with Crippen LogP contribution in [-0.4, -0.2) is 47.3 Å². The van der Waals surface area contributed by atoms with Crippen LogP contribution in [0, 0.1) is 5.92 Å². The van der Waals surface area contributed by atoms with E-state index in [9.17, 15) is 45.3 Å². The van der Waals surface area contributed by atoms with Crippen molar-refractivity contribution in [3.05, 3.63) is 129 Å². The third-order valence-electron chi connectivity index (χ3n) is 8.91. The Balaban J connectivity index is 1.65. The smallest absolute Gasteiger partial charge is 0.189 e. The van der Waals surface area contributed by atoms with Crippen LogP contribution >= 0.6 is 0 Å². The topological polar surface area (TPSA) is 176 Å². The lowest BCUT2D eigenvalue weighted by Gasteiger charge is -2.37. The minimum absolute atomic E-state index is 0.0292. The maximum Gasteiger partial charge on any atom is 0.189 e. The van der Waals surface area contributed by atoms with E-state index in [2.05, 4.69) is 0 Å². The molecule has 0 aromatic heterocycles. The van der Waals surface area contributed by atoms with E-state index >= 15 is 0 Å². The van der Waals surface area contributed by atoms with E-state index in [0.717, 1.165) is 23.3 Å². The number of aromatic hydroxyl groups is 7. The largest absolute Gasteiger partial charge is 0.508 e. The molecular weight excluding hydrogens is 624 g/mol. The lowest BCUT2D eigenvalue weighted by molar-refractivity contribution is 0.0877. The second-order valence-corrected chi connectivity index (χ2v) is 12.6. The average molecular weight is 663 g/mol. The van der Waals surface area contributed by atoms with Gasteiger partial charge in [0, 0.05) is 34.6 Å². The number of benzene rings is 4. The molecule has 0 fully saturated rings. The maximum absolute atomic E-state index is 14.7. The molecule has 49 heavy (non-hydrogen) atoms. The summed E-state index contributed by atoms with van der Waals surface area (Å²) in [6.07, 6.45) is 6.61. The van der Waals surface area contributed by atoms with Gasteiger partial charge in [-0.05, 0) is 106 Å². The number of phenols is 7. The standard InChI is InChI=1S/C40H38O9/c1-21(2)4-12-27-33(44)16-14-29(38(27)47)40(49)36-30(23-5-9-25(41)10-6-23)18-22(3)19-31(36)37-34(45)17-13-28(39(37)48)32(43)15-8-24-7-11-26(42)20-35(24)46/h4-11,13-17,19-20,30-31,36,41-42,44-48H,12,18H2,1-3H3/t30-,31+,36+/m1/s1. The third kappa shape index (κ3) is 7.16. The molecule has 1 aliphatic rings. The van der Waals surface area contributed by atoms with Crippen LogP contribution < -0.4 is 0 Å². The van der Waals surface area contributed by atoms with Crippen LogP contribution in [0.15, 0.2) is 96.1 Å². The summed E-state index contributed by atoms with van der Waals surface area (Å²) >= 11 is 0. The lowest BCUT2D eigenvalue weighted by atomic mass is 9.65. The quantitative estimate of drug-likeness (QED) is 0.0537. The summed E-state index contributed by atoms with van der Waals surface area (Å²) in [5.41, 5.74) is 2.63. The van der Waals surface area contributed by atoms with Gasteiger partial charge in [0.05, 0.1) is 11.1 Å². The molecule has 0 radical (unpaired) electrons. The molecule has 0 spiro atoms. The van der Waals surface area contributed by atoms with E-state index in [-0.39, 0.29) is 68.7 Å². The molecule has 0 aliphatic heterocycles. The molecule has 3 atom stereocenters. The molecule has 0 saturated heterocycles. The summed E-state index contributed by atoms with van der Waals surface area (Å²) in [5, 5.41) is 74.5. The van der Waals surface area contributed by atoms with Crippen molar-refractivity contribution in [1.82, 2.24) is 0 Å². The van der Waals surface area contributed by atoms with Gasteiger partial charge >= 0.3 is 0 Å². The highest BCUT2D eigenvalue weighted by Crippen LogP contribution is 2.52. The summed E-state index contributed by atoms with van der Waals surface area (Å²) in [6, 6.07) is 15.5. The molecule has 0 saturated carbocycles. The van der Waals surface area contributed by atoms with Crippen molar-refractivity contribution in [1.29, 1.82) is 0 Å². The highest BCUT2D eigenvalue weighted by atomic mass is 16.3. The van der Waals surface area contributed by atoms with Gasteiger partial charge in [-0.3, -0.25) is 9.59 Å². The molecular formula is C40H38O9. The van der Waals surface area contributed by atoms with Crippen molar-refractivity contribution in [2.24, 2.45) is 5.92 Å². The number of ketones is 2. The van der Waals surface area contributed by atoms with Crippen molar-refractivity contribution in [3.8, 4) is 40.2 Å². The molecule has 9 nitrogen and oxygen atoms in total. The Bertz CT molecular complexity index is 2010. The number of allylic oxidation sites excluding steroid dienone is 5. The third-order valence-corrected chi connectivity index (χ3v) is 8.91. The fourth-order valence-electron chi connectivity index (χ4n) is 6.42. The van der Waals surface area contributed by atoms with Crippen LogP contribution in [0.3, 0.4) is 0 Å². The number of rotatable bonds is 9. The molecule has 4 aromatic carbocycles. The zero-order valence-corrected chi connectivity index (χ0v) is 27.3. The Morgan fingerprint density at radius 2 is 1.41 bits per heavy atom. The number of carbonyl (C=O) groups is 2. The Morgan fingerprint density at radius 1 is 0.755 bits per heavy atom. The number of hydrogen-bond acceptors (Lipinski definition) is 9. The summed E-state index contributed by atoms with van der Waals surface area (Å²) in [6.45, 7) is 5.60. The van der Waals surface area contributed by atoms with Crippen LogP contribution in [0.25, 0.3) is 6.08 Å². The average Bonchev–Trinajstić information content (AvgIpc) is 3.04. The summed E-state index contributed by atoms with van der Waals surface area (Å²) in [5.74, 6) is -5.55. The predicted octanol–water partition coefficient (Wildman–Crippen LogP) is 7.75. The second kappa shape index (κ2) is 14.0. The Labute approximate surface area is 283 Å². The normalized spacial score (nSPS) is 17.4. The van der Waals surface area contributed by atoms with Gasteiger partial charge in [0.2, 0.25) is 0 Å². The van der Waals surface area contributed by atoms with Gasteiger partial charge in [0.15, 0.2) is 11.6 Å². The molecule has 5 rings (SSSR count). The van der Waals surface area contributed by atoms with E-state index in [1.54, 1.807) is 18.2 Å². The van der Waals surface area contributed by atoms with Gasteiger partial charge in [-0.15, -0.1) is 0 Å². The highest BCUT2D eigenvalue weighted by molar-refractivity contribution is 6.09. The van der Waals surface area contributed by atoms with Gasteiger partial charge in [0.1, 0.15) is 40.2 Å². The van der Waals surface area contributed by atoms with Crippen molar-refractivity contribution in [2.45, 2.75) is 45.4 Å². The van der Waals surface area contributed by atoms with Gasteiger partial charge in [-0.25, -0.2) is 0 Å². The fourth-order valence-corrected chi connectivity index (χ4v) is 6.42. The molecule has 0 unspecified atom stereocenters. The monoisotopic (exact) mass is 662 g/mol. The van der Waals surface area contributed by atoms with Gasteiger partial charge in [-0.2, -0.15) is 0 Å². The number of carbonyl (C=O) groups excluding carboxylic acids is 2. The zero-order chi connectivity index (χ0) is 35.6. The molecule has 1 aliphatic carbocycles. The van der Waals surface area contributed by atoms with Crippen molar-refractivity contribution < 1.29 is 45.3 Å². The zero-order valence-electron chi connectivity index (χ0n) is 27.3. The second-order valence-electron chi connectivity index (χ2n) is 12.6. The molecule has 0 amide bonds. The van der Waals surface area contributed by atoms with Gasteiger partial charge in [0.25, 0.3) is 0 Å². The minimum atomic E-state index is -1.02. The van der Waals surface area contributed by atoms with Crippen molar-refractivity contribution in [2.75, 3.05) is 0 Å². The number of phenolic OH excluding ortho intramolecular Hbond substituents is 7. The van der Waals surface area contributed by atoms with Crippen LogP contribution in [0.4, 0.5) is 0 Å². The Morgan fingerprint density at radius 3 is 2.08 bits per heavy atom. The molecule has 252 valence electrons. The van der Waals surface area contributed by atoms with Crippen molar-refractivity contribution in [3.63, 3.8) is 0 Å². The number of hydrogen-bond donors (Lipinski definition) is 7. The summed E-state index contributed by atoms with van der Waals surface area (Å²) in [4.78, 5) is 28.1. The van der Waals surface area contributed by atoms with Crippen molar-refractivity contribution >= 4 is 17.6 Å². The van der Waals surface area contributed by atoms with Gasteiger partial charge < -0.3 is 35.7 Å². The summed E-state index contributed by atoms with van der Waals surface area (Å²) < 4.78 is 0. The first-order valence-corrected chi connectivity index (χ1v) is 15.7. The van der Waals surface area contributed by atoms with E-state index < -0.39 is 35.1 Å². The first-order chi connectivity index (χ1) is 23.3. The van der Waals surface area contributed by atoms with E-state index in [1.165, 1.54) is 54.6 Å². The van der Waals surface area contributed by atoms with Crippen LogP contribution in [0.2, 0.25) is 0 Å². The highest BCUT2D eigenvalue weighted by Gasteiger charge is 2.43. The maximum atomic E-state index is 14.7. The minimum Gasteiger partial charge on any atom is -0.508 e. The first kappa shape index (κ1) is 34.4. The van der Waals surface area contributed by atoms with E-state index in [0.29, 0.717) is 12.0 Å². The lowest BCUT2D eigenvalue weighted by Crippen LogP contribution is -2.31. The summed E-state index contributed by atoms with van der Waals surface area (Å²) in [7, 11) is 0. The predicted molar refractivity (Wildman–Crippen MR) is 186 cm³/mol. The molecule has 0 heterocycles. The van der Waals surface area contributed by atoms with Gasteiger partial charge in [-0.1, -0.05) is 35.4 Å². The molecule has 4 aromatic rings. The molecule has 0 bridgehead atoms. The Hall–Kier alpha value is -5.96. The Kier molecular flexibility index (Phi) is 9.84. The van der Waals surface area contributed by atoms with Crippen LogP contribution in [0.1, 0.15) is 82.0 Å². The van der Waals surface area contributed by atoms with E-state index in [4.69, 9.17) is 0 Å². The number of Topliss-reactive ketones (excluding diaryl/α,β-unsaturated/α-hetero) is 1. The first-order valence-electron chi connectivity index (χ1n) is 15.7. The van der Waals surface area contributed by atoms with E-state index in [1.807, 2.05) is 26.8 Å². The SMILES string of the molecule is CC(C)=CCc1c(O)ccc(C(=O)[C@@H]2[C@@H](c3c(O)ccc(C(=O)C=Cc4ccc(O)cc4O)c3O)C=C(C)C[C@@H]2c2ccc(O)cc2)c1O. The van der Waals surface area contributed by atoms with Crippen LogP contribution in [-0.2, 0) is 6.42 Å². The molecule has 7 N–H and O–H groups in total. The fraction of sp³-hybridized carbons (Fsp3) is 0.200.